The summed E-state index contributed by atoms with van der Waals surface area (Å²) in [4.78, 5) is 35.6. The fourth-order valence-electron chi connectivity index (χ4n) is 2.91. The van der Waals surface area contributed by atoms with E-state index < -0.39 is 29.8 Å². The van der Waals surface area contributed by atoms with Crippen molar-refractivity contribution in [2.45, 2.75) is 12.5 Å². The maximum absolute atomic E-state index is 12.4. The molecule has 0 spiro atoms. The number of nitrogens with two attached hydrogens (primary N) is 2. The molecule has 2 aromatic rings. The number of primary amides is 1. The van der Waals surface area contributed by atoms with Crippen LogP contribution in [0.4, 0.5) is 0 Å². The lowest BCUT2D eigenvalue weighted by molar-refractivity contribution is -0.136. The number of carbonyl (C=O) groups is 2. The molecule has 152 valence electrons. The van der Waals surface area contributed by atoms with Crippen LogP contribution in [-0.4, -0.2) is 30.7 Å². The first-order chi connectivity index (χ1) is 13.8. The Hall–Kier alpha value is -3.79. The van der Waals surface area contributed by atoms with Gasteiger partial charge in [-0.1, -0.05) is 12.1 Å². The van der Waals surface area contributed by atoms with Gasteiger partial charge in [0.15, 0.2) is 12.4 Å². The fraction of sp³-hybridized carbons (Fsp3) is 0.211. The van der Waals surface area contributed by atoms with Crippen LogP contribution >= 0.6 is 0 Å². The van der Waals surface area contributed by atoms with Crippen molar-refractivity contribution in [2.75, 3.05) is 13.7 Å². The van der Waals surface area contributed by atoms with Crippen molar-refractivity contribution in [3.8, 4) is 11.5 Å². The molecule has 0 saturated carbocycles. The summed E-state index contributed by atoms with van der Waals surface area (Å²) in [6.45, 7) is -0.823. The third-order valence-electron chi connectivity index (χ3n) is 4.16. The molecule has 1 aliphatic rings. The van der Waals surface area contributed by atoms with Gasteiger partial charge in [0.2, 0.25) is 17.1 Å². The van der Waals surface area contributed by atoms with E-state index >= 15 is 0 Å². The van der Waals surface area contributed by atoms with E-state index in [2.05, 4.69) is 0 Å². The molecule has 1 aromatic carbocycles. The number of fused-ring (bicyclic) bond motifs is 1. The zero-order valence-corrected chi connectivity index (χ0v) is 15.3. The molecule has 1 amide bonds. The van der Waals surface area contributed by atoms with Crippen molar-refractivity contribution < 1.29 is 33.3 Å². The topological polar surface area (TPSA) is 164 Å². The number of aliphatic hydroxyl groups excluding tert-OH is 1. The SMILES string of the molecule is COC(=O)C1=C(N)Oc2c(oc(CO)cc2=O)C1c1ccc(OCC(N)=O)cc1. The predicted molar refractivity (Wildman–Crippen MR) is 97.7 cm³/mol. The minimum absolute atomic E-state index is 0.00181. The zero-order chi connectivity index (χ0) is 21.1. The van der Waals surface area contributed by atoms with E-state index in [0.717, 1.165) is 6.07 Å². The number of esters is 1. The number of hydrogen-bond donors (Lipinski definition) is 3. The third kappa shape index (κ3) is 3.92. The minimum atomic E-state index is -0.935. The van der Waals surface area contributed by atoms with E-state index in [4.69, 9.17) is 30.1 Å². The molecule has 0 radical (unpaired) electrons. The molecular formula is C19H18N2O8. The van der Waals surface area contributed by atoms with Gasteiger partial charge in [-0.05, 0) is 17.7 Å². The number of methoxy groups -OCH3 is 1. The number of benzene rings is 1. The second-order valence-corrected chi connectivity index (χ2v) is 6.06. The van der Waals surface area contributed by atoms with E-state index in [0.29, 0.717) is 11.3 Å². The standard InChI is InChI=1S/C19H18N2O8/c1-26-19(25)15-14(9-2-4-10(5-3-9)27-8-13(20)24)17-16(29-18(15)21)12(23)6-11(7-22)28-17/h2-6,14,22H,7-8,21H2,1H3,(H2,20,24). The van der Waals surface area contributed by atoms with Crippen molar-refractivity contribution >= 4 is 11.9 Å². The van der Waals surface area contributed by atoms with Crippen LogP contribution in [-0.2, 0) is 20.9 Å². The average Bonchev–Trinajstić information content (AvgIpc) is 2.71. The maximum Gasteiger partial charge on any atom is 0.340 e. The smallest absolute Gasteiger partial charge is 0.340 e. The van der Waals surface area contributed by atoms with Crippen LogP contribution < -0.4 is 26.4 Å². The second kappa shape index (κ2) is 8.07. The quantitative estimate of drug-likeness (QED) is 0.558. The van der Waals surface area contributed by atoms with Gasteiger partial charge in [0, 0.05) is 6.07 Å². The lowest BCUT2D eigenvalue weighted by Crippen LogP contribution is -2.29. The Bertz CT molecular complexity index is 1040. The Morgan fingerprint density at radius 3 is 2.52 bits per heavy atom. The number of aliphatic hydroxyl groups is 1. The Labute approximate surface area is 164 Å². The van der Waals surface area contributed by atoms with Crippen LogP contribution in [0.25, 0.3) is 0 Å². The molecule has 0 saturated heterocycles. The molecule has 1 unspecified atom stereocenters. The first-order valence-electron chi connectivity index (χ1n) is 8.40. The van der Waals surface area contributed by atoms with Crippen molar-refractivity contribution in [3.63, 3.8) is 0 Å². The second-order valence-electron chi connectivity index (χ2n) is 6.06. The van der Waals surface area contributed by atoms with Crippen LogP contribution in [0.2, 0.25) is 0 Å². The number of rotatable bonds is 6. The molecule has 1 atom stereocenters. The van der Waals surface area contributed by atoms with Gasteiger partial charge < -0.3 is 35.2 Å². The van der Waals surface area contributed by atoms with Crippen molar-refractivity contribution in [2.24, 2.45) is 11.5 Å². The Kier molecular flexibility index (Phi) is 5.55. The summed E-state index contributed by atoms with van der Waals surface area (Å²) < 4.78 is 21.0. The molecule has 5 N–H and O–H groups in total. The van der Waals surface area contributed by atoms with Gasteiger partial charge in [-0.3, -0.25) is 9.59 Å². The molecule has 3 rings (SSSR count). The average molecular weight is 402 g/mol. The zero-order valence-electron chi connectivity index (χ0n) is 15.3. The van der Waals surface area contributed by atoms with E-state index in [1.165, 1.54) is 7.11 Å². The van der Waals surface area contributed by atoms with Crippen molar-refractivity contribution in [1.82, 2.24) is 0 Å². The van der Waals surface area contributed by atoms with Gasteiger partial charge in [-0.15, -0.1) is 0 Å². The highest BCUT2D eigenvalue weighted by Crippen LogP contribution is 2.41. The molecule has 0 bridgehead atoms. The van der Waals surface area contributed by atoms with Crippen LogP contribution in [0.15, 0.2) is 51.0 Å². The summed E-state index contributed by atoms with van der Waals surface area (Å²) in [5.74, 6) is -2.47. The Balaban J connectivity index is 2.13. The minimum Gasteiger partial charge on any atom is -0.484 e. The van der Waals surface area contributed by atoms with Gasteiger partial charge >= 0.3 is 5.97 Å². The van der Waals surface area contributed by atoms with Crippen molar-refractivity contribution in [3.05, 3.63) is 69.1 Å². The van der Waals surface area contributed by atoms with E-state index in [-0.39, 0.29) is 35.3 Å². The lowest BCUT2D eigenvalue weighted by Gasteiger charge is -2.26. The van der Waals surface area contributed by atoms with Gasteiger partial charge in [-0.25, -0.2) is 4.79 Å². The highest BCUT2D eigenvalue weighted by Gasteiger charge is 2.39. The highest BCUT2D eigenvalue weighted by molar-refractivity contribution is 5.92. The summed E-state index contributed by atoms with van der Waals surface area (Å²) in [7, 11) is 1.18. The Morgan fingerprint density at radius 2 is 1.93 bits per heavy atom. The van der Waals surface area contributed by atoms with Crippen LogP contribution in [0.3, 0.4) is 0 Å². The highest BCUT2D eigenvalue weighted by atomic mass is 16.5. The molecular weight excluding hydrogens is 384 g/mol. The van der Waals surface area contributed by atoms with E-state index in [1.807, 2.05) is 0 Å². The molecule has 29 heavy (non-hydrogen) atoms. The molecule has 10 heteroatoms. The predicted octanol–water partition coefficient (Wildman–Crippen LogP) is -0.136. The fourth-order valence-corrected chi connectivity index (χ4v) is 2.91. The van der Waals surface area contributed by atoms with Crippen LogP contribution in [0, 0.1) is 0 Å². The summed E-state index contributed by atoms with van der Waals surface area (Å²) in [5.41, 5.74) is 10.8. The summed E-state index contributed by atoms with van der Waals surface area (Å²) in [6.07, 6.45) is 0. The number of hydrogen-bond acceptors (Lipinski definition) is 9. The third-order valence-corrected chi connectivity index (χ3v) is 4.16. The number of ether oxygens (including phenoxy) is 3. The number of carbonyl (C=O) groups excluding carboxylic acids is 2. The first-order valence-corrected chi connectivity index (χ1v) is 8.40. The summed E-state index contributed by atoms with van der Waals surface area (Å²) in [6, 6.07) is 7.36. The molecule has 2 heterocycles. The normalized spacial score (nSPS) is 15.3. The molecule has 1 aliphatic heterocycles. The summed E-state index contributed by atoms with van der Waals surface area (Å²) in [5, 5.41) is 9.38. The lowest BCUT2D eigenvalue weighted by atomic mass is 9.86. The molecule has 0 fully saturated rings. The largest absolute Gasteiger partial charge is 0.484 e. The Morgan fingerprint density at radius 1 is 1.24 bits per heavy atom. The van der Waals surface area contributed by atoms with E-state index in [9.17, 15) is 19.5 Å². The number of amides is 1. The maximum atomic E-state index is 12.4. The van der Waals surface area contributed by atoms with Gasteiger partial charge in [0.25, 0.3) is 5.91 Å². The van der Waals surface area contributed by atoms with Gasteiger partial charge in [0.1, 0.15) is 23.7 Å². The first kappa shape index (κ1) is 20.0. The van der Waals surface area contributed by atoms with Crippen LogP contribution in [0.5, 0.6) is 11.5 Å². The van der Waals surface area contributed by atoms with Crippen LogP contribution in [0.1, 0.15) is 23.0 Å². The monoisotopic (exact) mass is 402 g/mol. The summed E-state index contributed by atoms with van der Waals surface area (Å²) >= 11 is 0. The van der Waals surface area contributed by atoms with E-state index in [1.54, 1.807) is 24.3 Å². The van der Waals surface area contributed by atoms with Gasteiger partial charge in [0.05, 0.1) is 13.0 Å². The molecule has 0 aliphatic carbocycles. The molecule has 1 aromatic heterocycles. The van der Waals surface area contributed by atoms with Crippen molar-refractivity contribution in [1.29, 1.82) is 0 Å². The molecule has 10 nitrogen and oxygen atoms in total. The van der Waals surface area contributed by atoms with Gasteiger partial charge in [-0.2, -0.15) is 0 Å².